The molecule has 19 heavy (non-hydrogen) atoms. The van der Waals surface area contributed by atoms with Gasteiger partial charge in [0.2, 0.25) is 0 Å². The van der Waals surface area contributed by atoms with E-state index in [0.29, 0.717) is 17.1 Å². The average molecular weight is 278 g/mol. The van der Waals surface area contributed by atoms with E-state index in [0.717, 1.165) is 5.56 Å². The first kappa shape index (κ1) is 13.7. The summed E-state index contributed by atoms with van der Waals surface area (Å²) in [4.78, 5) is 0. The van der Waals surface area contributed by atoms with Crippen LogP contribution in [0.25, 0.3) is 0 Å². The maximum atomic E-state index is 9.72. The molecular weight excluding hydrogens is 262 g/mol. The van der Waals surface area contributed by atoms with Gasteiger partial charge in [-0.2, -0.15) is 0 Å². The third kappa shape index (κ3) is 3.19. The Bertz CT molecular complexity index is 572. The van der Waals surface area contributed by atoms with E-state index in [2.05, 4.69) is 5.32 Å². The molecule has 2 rings (SSSR count). The van der Waals surface area contributed by atoms with E-state index < -0.39 is 0 Å². The van der Waals surface area contributed by atoms with Crippen LogP contribution in [0.4, 0.5) is 0 Å². The molecule has 3 nitrogen and oxygen atoms in total. The molecule has 0 aliphatic rings. The molecule has 1 atom stereocenters. The van der Waals surface area contributed by atoms with Crippen LogP contribution in [0.1, 0.15) is 24.1 Å². The summed E-state index contributed by atoms with van der Waals surface area (Å²) in [5.41, 5.74) is 1.66. The lowest BCUT2D eigenvalue weighted by molar-refractivity contribution is 0.396. The van der Waals surface area contributed by atoms with E-state index in [1.165, 1.54) is 6.07 Å². The number of para-hydroxylation sites is 1. The number of rotatable bonds is 4. The summed E-state index contributed by atoms with van der Waals surface area (Å²) in [5.74, 6) is -0.189. The molecule has 4 heteroatoms. The lowest BCUT2D eigenvalue weighted by Gasteiger charge is -2.16. The van der Waals surface area contributed by atoms with Gasteiger partial charge in [0.15, 0.2) is 11.5 Å². The third-order valence-electron chi connectivity index (χ3n) is 3.07. The van der Waals surface area contributed by atoms with Gasteiger partial charge in [-0.15, -0.1) is 0 Å². The summed E-state index contributed by atoms with van der Waals surface area (Å²) >= 11 is 6.13. The topological polar surface area (TPSA) is 52.5 Å². The van der Waals surface area contributed by atoms with Gasteiger partial charge in [0.25, 0.3) is 0 Å². The first-order valence-electron chi connectivity index (χ1n) is 6.07. The molecule has 0 spiro atoms. The molecule has 0 unspecified atom stereocenters. The van der Waals surface area contributed by atoms with Gasteiger partial charge < -0.3 is 15.5 Å². The molecule has 0 heterocycles. The van der Waals surface area contributed by atoms with Crippen LogP contribution >= 0.6 is 11.6 Å². The van der Waals surface area contributed by atoms with Crippen LogP contribution in [0.2, 0.25) is 5.02 Å². The smallest absolute Gasteiger partial charge is 0.161 e. The van der Waals surface area contributed by atoms with Crippen molar-refractivity contribution in [3.63, 3.8) is 0 Å². The molecule has 0 aromatic heterocycles. The zero-order valence-electron chi connectivity index (χ0n) is 10.6. The van der Waals surface area contributed by atoms with E-state index in [9.17, 15) is 10.2 Å². The zero-order chi connectivity index (χ0) is 13.8. The van der Waals surface area contributed by atoms with E-state index in [4.69, 9.17) is 11.6 Å². The van der Waals surface area contributed by atoms with E-state index in [1.54, 1.807) is 12.1 Å². The molecule has 100 valence electrons. The summed E-state index contributed by atoms with van der Waals surface area (Å²) < 4.78 is 0. The summed E-state index contributed by atoms with van der Waals surface area (Å²) in [6.45, 7) is 2.45. The first-order valence-corrected chi connectivity index (χ1v) is 6.45. The highest BCUT2D eigenvalue weighted by molar-refractivity contribution is 6.31. The molecule has 2 aromatic rings. The van der Waals surface area contributed by atoms with Crippen molar-refractivity contribution < 1.29 is 10.2 Å². The second-order valence-electron chi connectivity index (χ2n) is 4.41. The van der Waals surface area contributed by atoms with Crippen LogP contribution in [-0.2, 0) is 6.54 Å². The molecule has 0 aliphatic carbocycles. The third-order valence-corrected chi connectivity index (χ3v) is 3.41. The molecule has 0 fully saturated rings. The molecule has 0 amide bonds. The van der Waals surface area contributed by atoms with Gasteiger partial charge in [-0.25, -0.2) is 0 Å². The van der Waals surface area contributed by atoms with E-state index in [1.807, 2.05) is 31.2 Å². The molecule has 3 N–H and O–H groups in total. The number of aromatic hydroxyl groups is 2. The van der Waals surface area contributed by atoms with Crippen LogP contribution in [-0.4, -0.2) is 10.2 Å². The molecule has 0 bridgehead atoms. The van der Waals surface area contributed by atoms with E-state index >= 15 is 0 Å². The number of benzene rings is 2. The number of nitrogens with one attached hydrogen (secondary N) is 1. The molecule has 2 aromatic carbocycles. The second kappa shape index (κ2) is 5.95. The van der Waals surface area contributed by atoms with Crippen molar-refractivity contribution in [3.8, 4) is 11.5 Å². The van der Waals surface area contributed by atoms with Crippen LogP contribution in [0.3, 0.4) is 0 Å². The van der Waals surface area contributed by atoms with Gasteiger partial charge in [0, 0.05) is 23.2 Å². The van der Waals surface area contributed by atoms with Crippen molar-refractivity contribution in [2.75, 3.05) is 0 Å². The molecule has 0 saturated carbocycles. The van der Waals surface area contributed by atoms with Crippen molar-refractivity contribution in [3.05, 3.63) is 58.6 Å². The maximum absolute atomic E-state index is 9.72. The quantitative estimate of drug-likeness (QED) is 0.749. The highest BCUT2D eigenvalue weighted by atomic mass is 35.5. The standard InChI is InChI=1S/C15H16ClNO2/c1-10(12-6-2-3-7-13(12)16)17-9-11-5-4-8-14(18)15(11)19/h2-8,10,17-19H,9H2,1H3/t10-/m0/s1. The predicted octanol–water partition coefficient (Wildman–Crippen LogP) is 3.60. The Balaban J connectivity index is 2.07. The number of phenols is 2. The van der Waals surface area contributed by atoms with Crippen LogP contribution < -0.4 is 5.32 Å². The van der Waals surface area contributed by atoms with Gasteiger partial charge in [-0.05, 0) is 24.6 Å². The maximum Gasteiger partial charge on any atom is 0.161 e. The molecule has 0 aliphatic heterocycles. The summed E-state index contributed by atoms with van der Waals surface area (Å²) in [6.07, 6.45) is 0. The van der Waals surface area contributed by atoms with Crippen LogP contribution in [0, 0.1) is 0 Å². The van der Waals surface area contributed by atoms with Crippen LogP contribution in [0.5, 0.6) is 11.5 Å². The fourth-order valence-electron chi connectivity index (χ4n) is 1.92. The molecular formula is C15H16ClNO2. The van der Waals surface area contributed by atoms with Gasteiger partial charge in [0.1, 0.15) is 0 Å². The zero-order valence-corrected chi connectivity index (χ0v) is 11.4. The largest absolute Gasteiger partial charge is 0.504 e. The fraction of sp³-hybridized carbons (Fsp3) is 0.200. The molecule has 0 saturated heterocycles. The Morgan fingerprint density at radius 3 is 2.58 bits per heavy atom. The monoisotopic (exact) mass is 277 g/mol. The lowest BCUT2D eigenvalue weighted by Crippen LogP contribution is -2.18. The van der Waals surface area contributed by atoms with Gasteiger partial charge in [0.05, 0.1) is 0 Å². The second-order valence-corrected chi connectivity index (χ2v) is 4.82. The first-order chi connectivity index (χ1) is 9.09. The van der Waals surface area contributed by atoms with Gasteiger partial charge in [-0.1, -0.05) is 41.9 Å². The molecule has 0 radical (unpaired) electrons. The Morgan fingerprint density at radius 1 is 1.11 bits per heavy atom. The Morgan fingerprint density at radius 2 is 1.84 bits per heavy atom. The Kier molecular flexibility index (Phi) is 4.30. The lowest BCUT2D eigenvalue weighted by atomic mass is 10.1. The predicted molar refractivity (Wildman–Crippen MR) is 76.5 cm³/mol. The Hall–Kier alpha value is -1.71. The van der Waals surface area contributed by atoms with Crippen molar-refractivity contribution in [1.82, 2.24) is 5.32 Å². The van der Waals surface area contributed by atoms with Gasteiger partial charge in [-0.3, -0.25) is 0 Å². The Labute approximate surface area is 117 Å². The fourth-order valence-corrected chi connectivity index (χ4v) is 2.22. The summed E-state index contributed by atoms with van der Waals surface area (Å²) in [5, 5.41) is 23.1. The number of hydrogen-bond acceptors (Lipinski definition) is 3. The van der Waals surface area contributed by atoms with Crippen LogP contribution in [0.15, 0.2) is 42.5 Å². The van der Waals surface area contributed by atoms with Gasteiger partial charge >= 0.3 is 0 Å². The minimum absolute atomic E-state index is 0.0513. The van der Waals surface area contributed by atoms with Crippen molar-refractivity contribution >= 4 is 11.6 Å². The minimum atomic E-state index is -0.107. The van der Waals surface area contributed by atoms with E-state index in [-0.39, 0.29) is 17.5 Å². The number of phenolic OH excluding ortho intramolecular Hbond substituents is 2. The highest BCUT2D eigenvalue weighted by Gasteiger charge is 2.10. The number of halogens is 1. The van der Waals surface area contributed by atoms with Crippen molar-refractivity contribution in [2.45, 2.75) is 19.5 Å². The minimum Gasteiger partial charge on any atom is -0.504 e. The average Bonchev–Trinajstić information content (AvgIpc) is 2.40. The number of hydrogen-bond donors (Lipinski definition) is 3. The summed E-state index contributed by atoms with van der Waals surface area (Å²) in [6, 6.07) is 12.6. The van der Waals surface area contributed by atoms with Crippen molar-refractivity contribution in [1.29, 1.82) is 0 Å². The summed E-state index contributed by atoms with van der Waals surface area (Å²) in [7, 11) is 0. The SMILES string of the molecule is C[C@H](NCc1cccc(O)c1O)c1ccccc1Cl. The van der Waals surface area contributed by atoms with Crippen molar-refractivity contribution in [2.24, 2.45) is 0 Å². The normalized spacial score (nSPS) is 12.3. The highest BCUT2D eigenvalue weighted by Crippen LogP contribution is 2.29.